The molecule has 0 radical (unpaired) electrons. The molecule has 0 saturated heterocycles. The van der Waals surface area contributed by atoms with Gasteiger partial charge in [-0.3, -0.25) is 4.79 Å². The molecule has 2 nitrogen and oxygen atoms in total. The standard InChI is InChI=1S/C20H22O2.2C4H10/c1-2-6-16-9-10-17-13-18(11-12-19(17)20(16)21)22-14-15-7-4-3-5-8-15;2*1-4(2)3/h3-5,7-8,11-13,16H,2,6,9-10,14H2,1H3;2*4H,1-3H3. The van der Waals surface area contributed by atoms with Crippen molar-refractivity contribution in [3.63, 3.8) is 0 Å². The Morgan fingerprint density at radius 2 is 1.53 bits per heavy atom. The van der Waals surface area contributed by atoms with Crippen LogP contribution in [0.25, 0.3) is 0 Å². The number of carbonyl (C=O) groups excluding carboxylic acids is 1. The number of carbonyl (C=O) groups is 1. The lowest BCUT2D eigenvalue weighted by Gasteiger charge is -2.23. The summed E-state index contributed by atoms with van der Waals surface area (Å²) in [6, 6.07) is 16.0. The Bertz CT molecular complexity index is 720. The third-order valence-electron chi connectivity index (χ3n) is 4.36. The first kappa shape index (κ1) is 25.9. The topological polar surface area (TPSA) is 26.3 Å². The number of aryl methyl sites for hydroxylation is 1. The highest BCUT2D eigenvalue weighted by Gasteiger charge is 2.26. The first-order valence-corrected chi connectivity index (χ1v) is 11.6. The van der Waals surface area contributed by atoms with E-state index in [1.54, 1.807) is 0 Å². The van der Waals surface area contributed by atoms with Gasteiger partial charge in [-0.2, -0.15) is 0 Å². The maximum atomic E-state index is 12.5. The smallest absolute Gasteiger partial charge is 0.166 e. The molecule has 0 spiro atoms. The Hall–Kier alpha value is -2.09. The number of Topliss-reactive ketones (excluding diaryl/α,β-unsaturated/α-hetero) is 1. The molecule has 1 aliphatic rings. The normalized spacial score (nSPS) is 15.0. The van der Waals surface area contributed by atoms with Gasteiger partial charge in [-0.25, -0.2) is 0 Å². The molecule has 1 atom stereocenters. The molecule has 3 rings (SSSR count). The van der Waals surface area contributed by atoms with Crippen molar-refractivity contribution in [2.24, 2.45) is 17.8 Å². The van der Waals surface area contributed by atoms with Gasteiger partial charge in [-0.15, -0.1) is 0 Å². The van der Waals surface area contributed by atoms with Gasteiger partial charge in [0.1, 0.15) is 12.4 Å². The number of rotatable bonds is 5. The Balaban J connectivity index is 0.000000485. The summed E-state index contributed by atoms with van der Waals surface area (Å²) in [6.07, 6.45) is 4.03. The van der Waals surface area contributed by atoms with Gasteiger partial charge < -0.3 is 4.74 Å². The molecule has 2 heteroatoms. The summed E-state index contributed by atoms with van der Waals surface area (Å²) in [7, 11) is 0. The predicted octanol–water partition coefficient (Wildman–Crippen LogP) is 8.14. The van der Waals surface area contributed by atoms with Crippen LogP contribution >= 0.6 is 0 Å². The second kappa shape index (κ2) is 14.0. The van der Waals surface area contributed by atoms with Crippen LogP contribution in [0.5, 0.6) is 5.75 Å². The highest BCUT2D eigenvalue weighted by molar-refractivity contribution is 6.00. The second-order valence-electron chi connectivity index (χ2n) is 9.45. The largest absolute Gasteiger partial charge is 0.489 e. The van der Waals surface area contributed by atoms with Crippen molar-refractivity contribution >= 4 is 5.78 Å². The fourth-order valence-corrected chi connectivity index (χ4v) is 3.15. The van der Waals surface area contributed by atoms with Crippen molar-refractivity contribution in [2.45, 2.75) is 80.8 Å². The van der Waals surface area contributed by atoms with E-state index in [2.05, 4.69) is 60.6 Å². The van der Waals surface area contributed by atoms with Gasteiger partial charge >= 0.3 is 0 Å². The summed E-state index contributed by atoms with van der Waals surface area (Å²) in [6.45, 7) is 15.7. The fourth-order valence-electron chi connectivity index (χ4n) is 3.15. The van der Waals surface area contributed by atoms with Crippen LogP contribution in [0.4, 0.5) is 0 Å². The highest BCUT2D eigenvalue weighted by Crippen LogP contribution is 2.31. The number of hydrogen-bond acceptors (Lipinski definition) is 2. The molecule has 2 aromatic carbocycles. The van der Waals surface area contributed by atoms with Crippen LogP contribution in [0, 0.1) is 17.8 Å². The van der Waals surface area contributed by atoms with Gasteiger partial charge in [0.25, 0.3) is 0 Å². The summed E-state index contributed by atoms with van der Waals surface area (Å²) in [5.41, 5.74) is 3.19. The van der Waals surface area contributed by atoms with Crippen molar-refractivity contribution in [3.05, 3.63) is 65.2 Å². The summed E-state index contributed by atoms with van der Waals surface area (Å²) in [5, 5.41) is 0. The van der Waals surface area contributed by atoms with Crippen LogP contribution in [0.15, 0.2) is 48.5 Å². The monoisotopic (exact) mass is 410 g/mol. The predicted molar refractivity (Wildman–Crippen MR) is 129 cm³/mol. The van der Waals surface area contributed by atoms with E-state index in [9.17, 15) is 4.79 Å². The van der Waals surface area contributed by atoms with Crippen LogP contribution in [-0.4, -0.2) is 5.78 Å². The molecule has 0 fully saturated rings. The zero-order chi connectivity index (χ0) is 22.5. The SMILES string of the molecule is CC(C)C.CC(C)C.CCCC1CCc2cc(OCc3ccccc3)ccc2C1=O. The van der Waals surface area contributed by atoms with E-state index in [0.717, 1.165) is 60.0 Å². The molecule has 0 bridgehead atoms. The van der Waals surface area contributed by atoms with E-state index in [0.29, 0.717) is 12.4 Å². The highest BCUT2D eigenvalue weighted by atomic mass is 16.5. The van der Waals surface area contributed by atoms with Crippen LogP contribution in [0.1, 0.15) is 89.2 Å². The van der Waals surface area contributed by atoms with Crippen LogP contribution < -0.4 is 4.74 Å². The van der Waals surface area contributed by atoms with Crippen molar-refractivity contribution < 1.29 is 9.53 Å². The van der Waals surface area contributed by atoms with Crippen LogP contribution in [-0.2, 0) is 13.0 Å². The van der Waals surface area contributed by atoms with E-state index in [1.807, 2.05) is 36.4 Å². The minimum absolute atomic E-state index is 0.216. The fraction of sp³-hybridized carbons (Fsp3) is 0.536. The second-order valence-corrected chi connectivity index (χ2v) is 9.45. The average Bonchev–Trinajstić information content (AvgIpc) is 2.69. The molecule has 0 N–H and O–H groups in total. The molecule has 0 amide bonds. The van der Waals surface area contributed by atoms with Gasteiger partial charge in [0.05, 0.1) is 0 Å². The first-order valence-electron chi connectivity index (χ1n) is 11.6. The molecule has 2 aromatic rings. The molecule has 0 aromatic heterocycles. The van der Waals surface area contributed by atoms with E-state index in [4.69, 9.17) is 4.74 Å². The van der Waals surface area contributed by atoms with Crippen LogP contribution in [0.3, 0.4) is 0 Å². The van der Waals surface area contributed by atoms with Gasteiger partial charge in [0.15, 0.2) is 5.78 Å². The van der Waals surface area contributed by atoms with Crippen molar-refractivity contribution in [2.75, 3.05) is 0 Å². The summed E-state index contributed by atoms with van der Waals surface area (Å²) >= 11 is 0. The zero-order valence-electron chi connectivity index (χ0n) is 20.2. The third kappa shape index (κ3) is 10.1. The number of ketones is 1. The van der Waals surface area contributed by atoms with Gasteiger partial charge in [0.2, 0.25) is 0 Å². The number of ether oxygens (including phenoxy) is 1. The maximum Gasteiger partial charge on any atom is 0.166 e. The van der Waals surface area contributed by atoms with E-state index in [-0.39, 0.29) is 5.92 Å². The van der Waals surface area contributed by atoms with Crippen molar-refractivity contribution in [1.82, 2.24) is 0 Å². The Morgan fingerprint density at radius 3 is 2.10 bits per heavy atom. The average molecular weight is 411 g/mol. The third-order valence-corrected chi connectivity index (χ3v) is 4.36. The lowest BCUT2D eigenvalue weighted by molar-refractivity contribution is 0.0894. The quantitative estimate of drug-likeness (QED) is 0.497. The Labute approximate surface area is 185 Å². The molecular weight excluding hydrogens is 368 g/mol. The minimum atomic E-state index is 0.216. The number of benzene rings is 2. The summed E-state index contributed by atoms with van der Waals surface area (Å²) in [5.74, 6) is 3.05. The first-order chi connectivity index (χ1) is 14.2. The molecule has 30 heavy (non-hydrogen) atoms. The molecule has 166 valence electrons. The number of fused-ring (bicyclic) bond motifs is 1. The lowest BCUT2D eigenvalue weighted by atomic mass is 9.80. The Kier molecular flexibility index (Phi) is 12.1. The molecule has 1 aliphatic carbocycles. The van der Waals surface area contributed by atoms with Gasteiger partial charge in [0, 0.05) is 11.5 Å². The van der Waals surface area contributed by atoms with Gasteiger partial charge in [-0.05, 0) is 60.4 Å². The van der Waals surface area contributed by atoms with Gasteiger partial charge in [-0.1, -0.05) is 85.2 Å². The molecule has 1 unspecified atom stereocenters. The van der Waals surface area contributed by atoms with E-state index in [1.165, 1.54) is 0 Å². The number of hydrogen-bond donors (Lipinski definition) is 0. The van der Waals surface area contributed by atoms with E-state index < -0.39 is 0 Å². The summed E-state index contributed by atoms with van der Waals surface area (Å²) in [4.78, 5) is 12.5. The summed E-state index contributed by atoms with van der Waals surface area (Å²) < 4.78 is 5.86. The lowest BCUT2D eigenvalue weighted by Crippen LogP contribution is -2.22. The Morgan fingerprint density at radius 1 is 0.933 bits per heavy atom. The van der Waals surface area contributed by atoms with Crippen molar-refractivity contribution in [3.8, 4) is 5.75 Å². The van der Waals surface area contributed by atoms with E-state index >= 15 is 0 Å². The van der Waals surface area contributed by atoms with Crippen LogP contribution in [0.2, 0.25) is 0 Å². The zero-order valence-corrected chi connectivity index (χ0v) is 20.2. The molecule has 0 heterocycles. The molecular formula is C28H42O2. The molecule has 0 saturated carbocycles. The van der Waals surface area contributed by atoms with Crippen molar-refractivity contribution in [1.29, 1.82) is 0 Å². The molecule has 0 aliphatic heterocycles. The maximum absolute atomic E-state index is 12.5. The minimum Gasteiger partial charge on any atom is -0.489 e.